The number of carbonyl (C=O) groups excluding carboxylic acids is 1. The molecule has 15 heavy (non-hydrogen) atoms. The van der Waals surface area contributed by atoms with Gasteiger partial charge in [-0.1, -0.05) is 0 Å². The quantitative estimate of drug-likeness (QED) is 0.396. The number of carboxylic acids is 1. The highest BCUT2D eigenvalue weighted by Gasteiger charge is 2.18. The van der Waals surface area contributed by atoms with Gasteiger partial charge in [0.05, 0.1) is 0 Å². The first kappa shape index (κ1) is 10.8. The van der Waals surface area contributed by atoms with Crippen LogP contribution in [0.15, 0.2) is 12.1 Å². The van der Waals surface area contributed by atoms with Crippen molar-refractivity contribution in [2.45, 2.75) is 0 Å². The molecule has 7 heteroatoms. The summed E-state index contributed by atoms with van der Waals surface area (Å²) in [4.78, 5) is 25.2. The predicted octanol–water partition coefficient (Wildman–Crippen LogP) is -0.174. The number of carboxylic acid groups (broad SMARTS) is 1. The molecule has 7 nitrogen and oxygen atoms in total. The van der Waals surface area contributed by atoms with E-state index in [2.05, 4.69) is 10.7 Å². The van der Waals surface area contributed by atoms with Crippen LogP contribution in [0.25, 0.3) is 0 Å². The van der Waals surface area contributed by atoms with Crippen LogP contribution in [0.5, 0.6) is 11.5 Å². The molecule has 0 bridgehead atoms. The number of carbonyl (C=O) groups is 2. The van der Waals surface area contributed by atoms with E-state index in [1.807, 2.05) is 0 Å². The second-order valence-electron chi connectivity index (χ2n) is 2.60. The summed E-state index contributed by atoms with van der Waals surface area (Å²) in [6, 6.07) is 1.48. The fourth-order valence-electron chi connectivity index (χ4n) is 0.975. The number of nitrogens with two attached hydrogens (primary N) is 1. The van der Waals surface area contributed by atoms with Gasteiger partial charge in [-0.05, 0) is 12.1 Å². The molecule has 0 amide bonds. The van der Waals surface area contributed by atoms with Crippen molar-refractivity contribution in [2.24, 2.45) is 5.90 Å². The van der Waals surface area contributed by atoms with Crippen LogP contribution in [-0.2, 0) is 4.84 Å². The number of benzene rings is 1. The number of aromatic carboxylic acids is 1. The van der Waals surface area contributed by atoms with Crippen molar-refractivity contribution >= 4 is 11.9 Å². The van der Waals surface area contributed by atoms with Crippen LogP contribution in [0.4, 0.5) is 0 Å². The van der Waals surface area contributed by atoms with Gasteiger partial charge in [-0.25, -0.2) is 9.59 Å². The first-order valence-corrected chi connectivity index (χ1v) is 3.67. The van der Waals surface area contributed by atoms with Gasteiger partial charge in [0.15, 0.2) is 0 Å². The minimum Gasteiger partial charge on any atom is -0.507 e. The molecule has 0 fully saturated rings. The third-order valence-electron chi connectivity index (χ3n) is 1.67. The van der Waals surface area contributed by atoms with Crippen molar-refractivity contribution in [3.8, 4) is 11.5 Å². The number of aromatic hydroxyl groups is 2. The van der Waals surface area contributed by atoms with Crippen molar-refractivity contribution in [1.82, 2.24) is 0 Å². The molecule has 0 aliphatic carbocycles. The molecular weight excluding hydrogens is 206 g/mol. The summed E-state index contributed by atoms with van der Waals surface area (Å²) in [6.07, 6.45) is 0. The van der Waals surface area contributed by atoms with Crippen molar-refractivity contribution in [3.63, 3.8) is 0 Å². The van der Waals surface area contributed by atoms with Gasteiger partial charge < -0.3 is 20.2 Å². The van der Waals surface area contributed by atoms with E-state index in [1.165, 1.54) is 0 Å². The van der Waals surface area contributed by atoms with Crippen molar-refractivity contribution in [1.29, 1.82) is 0 Å². The molecule has 80 valence electrons. The highest BCUT2D eigenvalue weighted by Crippen LogP contribution is 2.27. The summed E-state index contributed by atoms with van der Waals surface area (Å²) >= 11 is 0. The Balaban J connectivity index is 3.31. The predicted molar refractivity (Wildman–Crippen MR) is 46.3 cm³/mol. The lowest BCUT2D eigenvalue weighted by Crippen LogP contribution is -2.11. The average molecular weight is 213 g/mol. The van der Waals surface area contributed by atoms with Gasteiger partial charge in [-0.15, -0.1) is 0 Å². The van der Waals surface area contributed by atoms with Crippen molar-refractivity contribution in [3.05, 3.63) is 23.3 Å². The molecule has 0 spiro atoms. The Kier molecular flexibility index (Phi) is 2.77. The first-order chi connectivity index (χ1) is 6.97. The largest absolute Gasteiger partial charge is 0.507 e. The molecule has 0 aliphatic heterocycles. The molecule has 0 saturated carbocycles. The second kappa shape index (κ2) is 3.84. The van der Waals surface area contributed by atoms with E-state index in [-0.39, 0.29) is 0 Å². The summed E-state index contributed by atoms with van der Waals surface area (Å²) in [7, 11) is 0. The summed E-state index contributed by atoms with van der Waals surface area (Å²) in [5, 5.41) is 27.0. The molecule has 0 unspecified atom stereocenters. The van der Waals surface area contributed by atoms with Crippen LogP contribution >= 0.6 is 0 Å². The lowest BCUT2D eigenvalue weighted by atomic mass is 10.1. The zero-order valence-electron chi connectivity index (χ0n) is 7.30. The van der Waals surface area contributed by atoms with Crippen molar-refractivity contribution in [2.75, 3.05) is 0 Å². The van der Waals surface area contributed by atoms with Crippen LogP contribution < -0.4 is 5.90 Å². The maximum atomic E-state index is 10.9. The molecule has 0 aliphatic rings. The molecule has 1 aromatic rings. The molecule has 0 aromatic heterocycles. The van der Waals surface area contributed by atoms with Gasteiger partial charge in [-0.3, -0.25) is 0 Å². The van der Waals surface area contributed by atoms with Gasteiger partial charge in [0, 0.05) is 0 Å². The SMILES string of the molecule is NOC(=O)c1cc(O)c(C(=O)O)cc1O. The molecule has 0 radical (unpaired) electrons. The van der Waals surface area contributed by atoms with E-state index in [4.69, 9.17) is 5.11 Å². The Morgan fingerprint density at radius 3 is 2.07 bits per heavy atom. The van der Waals surface area contributed by atoms with E-state index < -0.39 is 34.6 Å². The lowest BCUT2D eigenvalue weighted by molar-refractivity contribution is 0.0498. The molecule has 1 aromatic carbocycles. The molecule has 0 atom stereocenters. The Bertz CT molecular complexity index is 427. The number of phenols is 2. The van der Waals surface area contributed by atoms with Gasteiger partial charge >= 0.3 is 11.9 Å². The second-order valence-corrected chi connectivity index (χ2v) is 2.60. The van der Waals surface area contributed by atoms with Crippen LogP contribution in [0.3, 0.4) is 0 Å². The number of phenolic OH excluding ortho intramolecular Hbond substituents is 1. The normalized spacial score (nSPS) is 9.67. The Hall–Kier alpha value is -2.28. The van der Waals surface area contributed by atoms with E-state index >= 15 is 0 Å². The Labute approximate surface area is 83.3 Å². The zero-order chi connectivity index (χ0) is 11.6. The molecule has 1 rings (SSSR count). The molecule has 0 saturated heterocycles. The topological polar surface area (TPSA) is 130 Å². The van der Waals surface area contributed by atoms with E-state index in [0.29, 0.717) is 0 Å². The highest BCUT2D eigenvalue weighted by molar-refractivity contribution is 5.97. The van der Waals surface area contributed by atoms with Crippen molar-refractivity contribution < 1.29 is 29.7 Å². The van der Waals surface area contributed by atoms with Gasteiger partial charge in [0.25, 0.3) is 0 Å². The first-order valence-electron chi connectivity index (χ1n) is 3.67. The van der Waals surface area contributed by atoms with E-state index in [9.17, 15) is 19.8 Å². The van der Waals surface area contributed by atoms with Gasteiger partial charge in [-0.2, -0.15) is 5.90 Å². The highest BCUT2D eigenvalue weighted by atomic mass is 16.7. The Morgan fingerprint density at radius 1 is 1.13 bits per heavy atom. The maximum Gasteiger partial charge on any atom is 0.360 e. The third-order valence-corrected chi connectivity index (χ3v) is 1.67. The van der Waals surface area contributed by atoms with E-state index in [1.54, 1.807) is 0 Å². The average Bonchev–Trinajstić information content (AvgIpc) is 2.19. The standard InChI is InChI=1S/C8H7NO6/c9-15-8(14)4-2-5(10)3(7(12)13)1-6(4)11/h1-2,10-11H,9H2,(H,12,13). The fourth-order valence-corrected chi connectivity index (χ4v) is 0.975. The fraction of sp³-hybridized carbons (Fsp3) is 0. The van der Waals surface area contributed by atoms with Crippen LogP contribution in [0.1, 0.15) is 20.7 Å². The summed E-state index contributed by atoms with van der Waals surface area (Å²) in [5.74, 6) is 0.740. The number of hydrogen-bond acceptors (Lipinski definition) is 6. The van der Waals surface area contributed by atoms with E-state index in [0.717, 1.165) is 12.1 Å². The molecule has 0 heterocycles. The molecule has 5 N–H and O–H groups in total. The van der Waals surface area contributed by atoms with Gasteiger partial charge in [0.1, 0.15) is 22.6 Å². The maximum absolute atomic E-state index is 10.9. The van der Waals surface area contributed by atoms with Crippen LogP contribution in [0.2, 0.25) is 0 Å². The van der Waals surface area contributed by atoms with Crippen LogP contribution in [0, 0.1) is 0 Å². The number of rotatable bonds is 2. The number of hydrogen-bond donors (Lipinski definition) is 4. The smallest absolute Gasteiger partial charge is 0.360 e. The lowest BCUT2D eigenvalue weighted by Gasteiger charge is -2.05. The monoisotopic (exact) mass is 213 g/mol. The molecular formula is C8H7NO6. The Morgan fingerprint density at radius 2 is 1.60 bits per heavy atom. The minimum absolute atomic E-state index is 0.417. The minimum atomic E-state index is -1.43. The van der Waals surface area contributed by atoms with Crippen LogP contribution in [-0.4, -0.2) is 27.3 Å². The summed E-state index contributed by atoms with van der Waals surface area (Å²) in [5.41, 5.74) is -0.943. The zero-order valence-corrected chi connectivity index (χ0v) is 7.30. The van der Waals surface area contributed by atoms with Gasteiger partial charge in [0.2, 0.25) is 0 Å². The summed E-state index contributed by atoms with van der Waals surface area (Å²) in [6.45, 7) is 0. The third kappa shape index (κ3) is 1.97. The summed E-state index contributed by atoms with van der Waals surface area (Å²) < 4.78 is 0.